The molecule has 0 radical (unpaired) electrons. The van der Waals surface area contributed by atoms with Gasteiger partial charge in [-0.25, -0.2) is 4.52 Å². The number of anilines is 1. The Balaban J connectivity index is 1.76. The van der Waals surface area contributed by atoms with E-state index in [4.69, 9.17) is 9.47 Å². The lowest BCUT2D eigenvalue weighted by atomic mass is 10.2. The van der Waals surface area contributed by atoms with Crippen molar-refractivity contribution in [3.05, 3.63) is 34.8 Å². The number of carbonyl (C=O) groups excluding carboxylic acids is 1. The number of aryl methyl sites for hydroxylation is 1. The Morgan fingerprint density at radius 1 is 1.27 bits per heavy atom. The molecule has 0 aliphatic carbocycles. The summed E-state index contributed by atoms with van der Waals surface area (Å²) in [7, 11) is 0. The molecule has 3 aromatic rings. The largest absolute Gasteiger partial charge is 0.490 e. The van der Waals surface area contributed by atoms with Gasteiger partial charge in [0.05, 0.1) is 18.9 Å². The zero-order chi connectivity index (χ0) is 18.5. The van der Waals surface area contributed by atoms with Crippen molar-refractivity contribution in [3.63, 3.8) is 0 Å². The van der Waals surface area contributed by atoms with Gasteiger partial charge in [0, 0.05) is 10.9 Å². The highest BCUT2D eigenvalue weighted by Gasteiger charge is 2.15. The van der Waals surface area contributed by atoms with Crippen LogP contribution >= 0.6 is 11.3 Å². The van der Waals surface area contributed by atoms with Crippen LogP contribution in [-0.2, 0) is 0 Å². The summed E-state index contributed by atoms with van der Waals surface area (Å²) in [5, 5.41) is 8.99. The van der Waals surface area contributed by atoms with Gasteiger partial charge in [-0.05, 0) is 38.5 Å². The molecule has 0 fully saturated rings. The number of ether oxygens (including phenoxy) is 2. The quantitative estimate of drug-likeness (QED) is 0.605. The normalized spacial score (nSPS) is 10.9. The predicted octanol–water partition coefficient (Wildman–Crippen LogP) is 3.93. The maximum atomic E-state index is 12.5. The fourth-order valence-electron chi connectivity index (χ4n) is 2.38. The summed E-state index contributed by atoms with van der Waals surface area (Å²) >= 11 is 1.48. The van der Waals surface area contributed by atoms with E-state index in [9.17, 15) is 4.79 Å². The van der Waals surface area contributed by atoms with Gasteiger partial charge in [-0.2, -0.15) is 4.98 Å². The van der Waals surface area contributed by atoms with Gasteiger partial charge in [-0.1, -0.05) is 13.3 Å². The summed E-state index contributed by atoms with van der Waals surface area (Å²) < 4.78 is 13.1. The number of thiazole rings is 1. The highest BCUT2D eigenvalue weighted by atomic mass is 32.1. The predicted molar refractivity (Wildman–Crippen MR) is 102 cm³/mol. The molecule has 0 aliphatic rings. The van der Waals surface area contributed by atoms with E-state index in [1.165, 1.54) is 11.3 Å². The molecular weight excluding hydrogens is 352 g/mol. The molecule has 2 heterocycles. The Hall–Kier alpha value is -2.61. The van der Waals surface area contributed by atoms with E-state index in [2.05, 4.69) is 22.3 Å². The smallest absolute Gasteiger partial charge is 0.258 e. The van der Waals surface area contributed by atoms with Crippen LogP contribution in [-0.4, -0.2) is 33.7 Å². The first-order chi connectivity index (χ1) is 12.6. The molecule has 7 nitrogen and oxygen atoms in total. The second-order valence-corrected chi connectivity index (χ2v) is 6.59. The van der Waals surface area contributed by atoms with Crippen LogP contribution in [0.2, 0.25) is 0 Å². The summed E-state index contributed by atoms with van der Waals surface area (Å²) in [4.78, 5) is 17.6. The van der Waals surface area contributed by atoms with E-state index >= 15 is 0 Å². The van der Waals surface area contributed by atoms with E-state index in [1.807, 2.05) is 19.2 Å². The number of carbonyl (C=O) groups is 1. The van der Waals surface area contributed by atoms with Crippen molar-refractivity contribution in [3.8, 4) is 11.5 Å². The van der Waals surface area contributed by atoms with E-state index in [0.29, 0.717) is 30.3 Å². The number of hydrogen-bond donors (Lipinski definition) is 1. The van der Waals surface area contributed by atoms with Crippen molar-refractivity contribution in [1.29, 1.82) is 0 Å². The third-order valence-electron chi connectivity index (χ3n) is 3.73. The zero-order valence-corrected chi connectivity index (χ0v) is 15.9. The maximum Gasteiger partial charge on any atom is 0.258 e. The minimum Gasteiger partial charge on any atom is -0.490 e. The molecule has 8 heteroatoms. The first-order valence-electron chi connectivity index (χ1n) is 8.64. The van der Waals surface area contributed by atoms with Crippen molar-refractivity contribution >= 4 is 28.2 Å². The minimum absolute atomic E-state index is 0.284. The minimum atomic E-state index is -0.290. The SMILES string of the molecule is CCCCOc1ccc(C(=O)Nc2nc3scc(C)n3n2)cc1OCC. The van der Waals surface area contributed by atoms with Gasteiger partial charge in [0.2, 0.25) is 4.96 Å². The highest BCUT2D eigenvalue weighted by molar-refractivity contribution is 7.15. The fourth-order valence-corrected chi connectivity index (χ4v) is 3.18. The molecule has 1 amide bonds. The van der Waals surface area contributed by atoms with Crippen molar-refractivity contribution in [1.82, 2.24) is 14.6 Å². The average Bonchev–Trinajstić information content (AvgIpc) is 3.18. The molecule has 0 spiro atoms. The van der Waals surface area contributed by atoms with Crippen LogP contribution < -0.4 is 14.8 Å². The van der Waals surface area contributed by atoms with Gasteiger partial charge < -0.3 is 9.47 Å². The molecule has 0 bridgehead atoms. The van der Waals surface area contributed by atoms with E-state index in [1.54, 1.807) is 22.7 Å². The number of aromatic nitrogens is 3. The van der Waals surface area contributed by atoms with Gasteiger partial charge in [0.1, 0.15) is 0 Å². The lowest BCUT2D eigenvalue weighted by molar-refractivity contribution is 0.102. The van der Waals surface area contributed by atoms with Crippen LogP contribution in [0.3, 0.4) is 0 Å². The van der Waals surface area contributed by atoms with E-state index < -0.39 is 0 Å². The van der Waals surface area contributed by atoms with Gasteiger partial charge >= 0.3 is 0 Å². The number of unbranched alkanes of at least 4 members (excludes halogenated alkanes) is 1. The second kappa shape index (κ2) is 8.18. The molecule has 0 saturated carbocycles. The summed E-state index contributed by atoms with van der Waals surface area (Å²) in [5.74, 6) is 1.20. The Morgan fingerprint density at radius 2 is 2.12 bits per heavy atom. The van der Waals surface area contributed by atoms with Crippen molar-refractivity contribution < 1.29 is 14.3 Å². The van der Waals surface area contributed by atoms with Gasteiger partial charge in [0.25, 0.3) is 11.9 Å². The zero-order valence-electron chi connectivity index (χ0n) is 15.1. The van der Waals surface area contributed by atoms with Crippen LogP contribution in [0.1, 0.15) is 42.7 Å². The Kier molecular flexibility index (Phi) is 5.72. The van der Waals surface area contributed by atoms with Gasteiger partial charge in [-0.15, -0.1) is 16.4 Å². The number of nitrogens with one attached hydrogen (secondary N) is 1. The molecular formula is C18H22N4O3S. The van der Waals surface area contributed by atoms with Crippen LogP contribution in [0.15, 0.2) is 23.6 Å². The standard InChI is InChI=1S/C18H22N4O3S/c1-4-6-9-25-14-8-7-13(10-15(14)24-5-2)16(23)19-17-20-18-22(21-17)12(3)11-26-18/h7-8,10-11H,4-6,9H2,1-3H3,(H,19,21,23). The van der Waals surface area contributed by atoms with Crippen LogP contribution in [0.5, 0.6) is 11.5 Å². The molecule has 0 unspecified atom stereocenters. The average molecular weight is 374 g/mol. The molecule has 1 aromatic carbocycles. The van der Waals surface area contributed by atoms with E-state index in [-0.39, 0.29) is 11.9 Å². The molecule has 26 heavy (non-hydrogen) atoms. The molecule has 0 atom stereocenters. The topological polar surface area (TPSA) is 77.8 Å². The fraction of sp³-hybridized carbons (Fsp3) is 0.389. The summed E-state index contributed by atoms with van der Waals surface area (Å²) in [6, 6.07) is 5.16. The summed E-state index contributed by atoms with van der Waals surface area (Å²) in [5.41, 5.74) is 1.44. The third-order valence-corrected chi connectivity index (χ3v) is 4.67. The van der Waals surface area contributed by atoms with Gasteiger partial charge in [0.15, 0.2) is 11.5 Å². The number of nitrogens with zero attached hydrogens (tertiary/aromatic N) is 3. The summed E-state index contributed by atoms with van der Waals surface area (Å²) in [6.45, 7) is 7.06. The number of hydrogen-bond acceptors (Lipinski definition) is 6. The van der Waals surface area contributed by atoms with Crippen LogP contribution in [0, 0.1) is 6.92 Å². The van der Waals surface area contributed by atoms with Crippen LogP contribution in [0.25, 0.3) is 4.96 Å². The molecule has 1 N–H and O–H groups in total. The van der Waals surface area contributed by atoms with Crippen molar-refractivity contribution in [2.45, 2.75) is 33.6 Å². The molecule has 2 aromatic heterocycles. The number of fused-ring (bicyclic) bond motifs is 1. The van der Waals surface area contributed by atoms with Gasteiger partial charge in [-0.3, -0.25) is 10.1 Å². The Labute approximate surface area is 156 Å². The molecule has 138 valence electrons. The Bertz CT molecular complexity index is 903. The molecule has 3 rings (SSSR count). The number of amides is 1. The van der Waals surface area contributed by atoms with E-state index in [0.717, 1.165) is 23.5 Å². The lowest BCUT2D eigenvalue weighted by Crippen LogP contribution is -2.13. The van der Waals surface area contributed by atoms with Crippen molar-refractivity contribution in [2.75, 3.05) is 18.5 Å². The second-order valence-electron chi connectivity index (χ2n) is 5.76. The number of rotatable bonds is 8. The Morgan fingerprint density at radius 3 is 2.85 bits per heavy atom. The highest BCUT2D eigenvalue weighted by Crippen LogP contribution is 2.29. The number of benzene rings is 1. The third kappa shape index (κ3) is 3.96. The van der Waals surface area contributed by atoms with Crippen LogP contribution in [0.4, 0.5) is 5.95 Å². The first kappa shape index (κ1) is 18.2. The van der Waals surface area contributed by atoms with Crippen molar-refractivity contribution in [2.24, 2.45) is 0 Å². The first-order valence-corrected chi connectivity index (χ1v) is 9.52. The maximum absolute atomic E-state index is 12.5. The monoisotopic (exact) mass is 374 g/mol. The molecule has 0 aliphatic heterocycles. The lowest BCUT2D eigenvalue weighted by Gasteiger charge is -2.13. The molecule has 0 saturated heterocycles. The summed E-state index contributed by atoms with van der Waals surface area (Å²) in [6.07, 6.45) is 2.02.